The van der Waals surface area contributed by atoms with Crippen LogP contribution in [0.15, 0.2) is 12.7 Å². The van der Waals surface area contributed by atoms with Gasteiger partial charge in [0.05, 0.1) is 0 Å². The summed E-state index contributed by atoms with van der Waals surface area (Å²) in [7, 11) is 0. The maximum absolute atomic E-state index is 5.54. The SMILES string of the molecule is C=CCN1CCC(CN)C1. The minimum atomic E-state index is 0.736. The maximum Gasteiger partial charge on any atom is 0.0160 e. The van der Waals surface area contributed by atoms with E-state index in [1.54, 1.807) is 0 Å². The Morgan fingerprint density at radius 1 is 1.70 bits per heavy atom. The predicted octanol–water partition coefficient (Wildman–Crippen LogP) is 0.453. The van der Waals surface area contributed by atoms with Crippen LogP contribution in [0.2, 0.25) is 0 Å². The van der Waals surface area contributed by atoms with E-state index in [1.807, 2.05) is 6.08 Å². The van der Waals surface area contributed by atoms with Gasteiger partial charge in [-0.1, -0.05) is 6.08 Å². The van der Waals surface area contributed by atoms with Crippen molar-refractivity contribution in [1.82, 2.24) is 4.90 Å². The van der Waals surface area contributed by atoms with Gasteiger partial charge in [0.15, 0.2) is 0 Å². The van der Waals surface area contributed by atoms with Crippen LogP contribution < -0.4 is 5.73 Å². The quantitative estimate of drug-likeness (QED) is 0.577. The molecule has 10 heavy (non-hydrogen) atoms. The highest BCUT2D eigenvalue weighted by Crippen LogP contribution is 2.13. The molecule has 0 spiro atoms. The van der Waals surface area contributed by atoms with Gasteiger partial charge in [0.25, 0.3) is 0 Å². The molecule has 0 saturated carbocycles. The van der Waals surface area contributed by atoms with Crippen molar-refractivity contribution in [2.75, 3.05) is 26.2 Å². The Kier molecular flexibility index (Phi) is 2.90. The van der Waals surface area contributed by atoms with Crippen LogP contribution in [0.25, 0.3) is 0 Å². The molecule has 0 bridgehead atoms. The molecule has 0 aromatic heterocycles. The second-order valence-electron chi connectivity index (χ2n) is 2.94. The molecule has 0 aromatic carbocycles. The summed E-state index contributed by atoms with van der Waals surface area (Å²) < 4.78 is 0. The smallest absolute Gasteiger partial charge is 0.0160 e. The van der Waals surface area contributed by atoms with E-state index < -0.39 is 0 Å². The lowest BCUT2D eigenvalue weighted by atomic mass is 10.1. The highest BCUT2D eigenvalue weighted by Gasteiger charge is 2.19. The van der Waals surface area contributed by atoms with Gasteiger partial charge in [-0.3, -0.25) is 4.90 Å². The molecule has 1 heterocycles. The molecule has 0 aromatic rings. The summed E-state index contributed by atoms with van der Waals surface area (Å²) in [5.41, 5.74) is 5.54. The van der Waals surface area contributed by atoms with Crippen LogP contribution in [0, 0.1) is 5.92 Å². The molecular formula is C8H16N2. The van der Waals surface area contributed by atoms with Crippen molar-refractivity contribution in [1.29, 1.82) is 0 Å². The number of nitrogens with two attached hydrogens (primary N) is 1. The molecule has 1 saturated heterocycles. The molecule has 0 radical (unpaired) electrons. The summed E-state index contributed by atoms with van der Waals surface area (Å²) in [6.45, 7) is 7.94. The molecule has 0 aliphatic carbocycles. The van der Waals surface area contributed by atoms with E-state index in [0.717, 1.165) is 19.0 Å². The third-order valence-corrected chi connectivity index (χ3v) is 2.09. The second-order valence-corrected chi connectivity index (χ2v) is 2.94. The molecule has 1 aliphatic heterocycles. The number of likely N-dealkylation sites (tertiary alicyclic amines) is 1. The molecule has 2 heteroatoms. The first-order chi connectivity index (χ1) is 4.86. The number of rotatable bonds is 3. The van der Waals surface area contributed by atoms with Crippen LogP contribution in [-0.2, 0) is 0 Å². The normalized spacial score (nSPS) is 27.1. The molecule has 0 amide bonds. The predicted molar refractivity (Wildman–Crippen MR) is 43.8 cm³/mol. The number of hydrogen-bond donors (Lipinski definition) is 1. The van der Waals surface area contributed by atoms with E-state index in [4.69, 9.17) is 5.73 Å². The molecule has 1 unspecified atom stereocenters. The van der Waals surface area contributed by atoms with Crippen LogP contribution in [0.4, 0.5) is 0 Å². The van der Waals surface area contributed by atoms with Crippen LogP contribution in [0.5, 0.6) is 0 Å². The summed E-state index contributed by atoms with van der Waals surface area (Å²) in [5, 5.41) is 0. The number of nitrogens with zero attached hydrogens (tertiary/aromatic N) is 1. The number of hydrogen-bond acceptors (Lipinski definition) is 2. The molecule has 2 nitrogen and oxygen atoms in total. The van der Waals surface area contributed by atoms with Crippen molar-refractivity contribution in [2.45, 2.75) is 6.42 Å². The second kappa shape index (κ2) is 3.74. The van der Waals surface area contributed by atoms with Crippen LogP contribution in [-0.4, -0.2) is 31.1 Å². The fourth-order valence-corrected chi connectivity index (χ4v) is 1.45. The largest absolute Gasteiger partial charge is 0.330 e. The highest BCUT2D eigenvalue weighted by atomic mass is 15.1. The van der Waals surface area contributed by atoms with Gasteiger partial charge in [0.2, 0.25) is 0 Å². The Morgan fingerprint density at radius 2 is 2.50 bits per heavy atom. The Labute approximate surface area is 62.7 Å². The summed E-state index contributed by atoms with van der Waals surface area (Å²) >= 11 is 0. The van der Waals surface area contributed by atoms with Crippen LogP contribution in [0.3, 0.4) is 0 Å². The summed E-state index contributed by atoms with van der Waals surface area (Å²) in [4.78, 5) is 2.39. The minimum absolute atomic E-state index is 0.736. The molecule has 1 aliphatic rings. The van der Waals surface area contributed by atoms with Crippen molar-refractivity contribution >= 4 is 0 Å². The van der Waals surface area contributed by atoms with Gasteiger partial charge in [-0.25, -0.2) is 0 Å². The Hall–Kier alpha value is -0.340. The fourth-order valence-electron chi connectivity index (χ4n) is 1.45. The van der Waals surface area contributed by atoms with Crippen LogP contribution >= 0.6 is 0 Å². The van der Waals surface area contributed by atoms with Gasteiger partial charge in [-0.2, -0.15) is 0 Å². The third-order valence-electron chi connectivity index (χ3n) is 2.09. The lowest BCUT2D eigenvalue weighted by Crippen LogP contribution is -2.22. The zero-order valence-corrected chi connectivity index (χ0v) is 6.42. The standard InChI is InChI=1S/C8H16N2/c1-2-4-10-5-3-8(6-9)7-10/h2,8H,1,3-7,9H2. The van der Waals surface area contributed by atoms with Crippen molar-refractivity contribution in [3.8, 4) is 0 Å². The van der Waals surface area contributed by atoms with E-state index >= 15 is 0 Å². The first-order valence-corrected chi connectivity index (χ1v) is 3.90. The average Bonchev–Trinajstić information content (AvgIpc) is 2.37. The van der Waals surface area contributed by atoms with Gasteiger partial charge in [0.1, 0.15) is 0 Å². The summed E-state index contributed by atoms with van der Waals surface area (Å²) in [5.74, 6) is 0.736. The first kappa shape index (κ1) is 7.76. The Balaban J connectivity index is 2.21. The van der Waals surface area contributed by atoms with E-state index in [1.165, 1.54) is 19.5 Å². The lowest BCUT2D eigenvalue weighted by Gasteiger charge is -2.11. The van der Waals surface area contributed by atoms with Crippen molar-refractivity contribution in [2.24, 2.45) is 11.7 Å². The molecule has 1 rings (SSSR count). The Bertz CT molecular complexity index is 112. The minimum Gasteiger partial charge on any atom is -0.330 e. The topological polar surface area (TPSA) is 29.3 Å². The van der Waals surface area contributed by atoms with Gasteiger partial charge in [-0.15, -0.1) is 6.58 Å². The first-order valence-electron chi connectivity index (χ1n) is 3.90. The van der Waals surface area contributed by atoms with Gasteiger partial charge in [-0.05, 0) is 25.4 Å². The zero-order chi connectivity index (χ0) is 7.40. The van der Waals surface area contributed by atoms with Gasteiger partial charge in [0, 0.05) is 13.1 Å². The van der Waals surface area contributed by atoms with Gasteiger partial charge < -0.3 is 5.73 Å². The van der Waals surface area contributed by atoms with Crippen molar-refractivity contribution < 1.29 is 0 Å². The van der Waals surface area contributed by atoms with E-state index in [0.29, 0.717) is 0 Å². The highest BCUT2D eigenvalue weighted by molar-refractivity contribution is 4.81. The summed E-state index contributed by atoms with van der Waals surface area (Å²) in [6, 6.07) is 0. The van der Waals surface area contributed by atoms with Crippen LogP contribution in [0.1, 0.15) is 6.42 Å². The maximum atomic E-state index is 5.54. The van der Waals surface area contributed by atoms with Crippen molar-refractivity contribution in [3.05, 3.63) is 12.7 Å². The molecule has 2 N–H and O–H groups in total. The summed E-state index contributed by atoms with van der Waals surface area (Å²) in [6.07, 6.45) is 3.23. The molecular weight excluding hydrogens is 124 g/mol. The van der Waals surface area contributed by atoms with E-state index in [9.17, 15) is 0 Å². The molecule has 58 valence electrons. The monoisotopic (exact) mass is 140 g/mol. The average molecular weight is 140 g/mol. The van der Waals surface area contributed by atoms with Gasteiger partial charge >= 0.3 is 0 Å². The third kappa shape index (κ3) is 1.82. The Morgan fingerprint density at radius 3 is 3.00 bits per heavy atom. The van der Waals surface area contributed by atoms with E-state index in [-0.39, 0.29) is 0 Å². The molecule has 1 atom stereocenters. The molecule has 1 fully saturated rings. The zero-order valence-electron chi connectivity index (χ0n) is 6.42. The lowest BCUT2D eigenvalue weighted by molar-refractivity contribution is 0.360. The van der Waals surface area contributed by atoms with Crippen molar-refractivity contribution in [3.63, 3.8) is 0 Å². The fraction of sp³-hybridized carbons (Fsp3) is 0.750. The van der Waals surface area contributed by atoms with E-state index in [2.05, 4.69) is 11.5 Å².